The number of esters is 1. The van der Waals surface area contributed by atoms with Gasteiger partial charge in [-0.15, -0.1) is 0 Å². The van der Waals surface area contributed by atoms with Gasteiger partial charge in [-0.25, -0.2) is 9.18 Å². The van der Waals surface area contributed by atoms with E-state index in [9.17, 15) is 14.0 Å². The van der Waals surface area contributed by atoms with Crippen molar-refractivity contribution in [1.82, 2.24) is 0 Å². The zero-order valence-electron chi connectivity index (χ0n) is 11.5. The largest absolute Gasteiger partial charge is 0.462 e. The second-order valence-corrected chi connectivity index (χ2v) is 5.26. The summed E-state index contributed by atoms with van der Waals surface area (Å²) in [5.74, 6) is -0.544. The molecule has 0 aliphatic heterocycles. The minimum absolute atomic E-state index is 0.0629. The minimum Gasteiger partial charge on any atom is -0.462 e. The predicted octanol–water partition coefficient (Wildman–Crippen LogP) is 3.69. The van der Waals surface area contributed by atoms with Crippen LogP contribution in [0.1, 0.15) is 36.2 Å². The molecule has 0 bridgehead atoms. The van der Waals surface area contributed by atoms with Crippen molar-refractivity contribution in [1.29, 1.82) is 0 Å². The molecule has 0 amide bonds. The molecule has 0 spiro atoms. The average molecular weight is 296 g/mol. The van der Waals surface area contributed by atoms with Crippen molar-refractivity contribution in [2.75, 3.05) is 12.4 Å². The number of hydrogen-bond donors (Lipinski definition) is 0. The van der Waals surface area contributed by atoms with Gasteiger partial charge in [0, 0.05) is 12.7 Å². The van der Waals surface area contributed by atoms with Crippen LogP contribution in [0.5, 0.6) is 0 Å². The standard InChI is InChI=1S/C15H17FO3S/c1-3-19-15(18)13-10-12(7-8-14(13)16)6-4-5-9-20-11(2)17/h4,6-8,10H,3,5,9H2,1-2H3. The van der Waals surface area contributed by atoms with Crippen LogP contribution in [0, 0.1) is 5.82 Å². The lowest BCUT2D eigenvalue weighted by Gasteiger charge is -2.04. The van der Waals surface area contributed by atoms with Crippen LogP contribution in [0.2, 0.25) is 0 Å². The normalized spacial score (nSPS) is 10.8. The Kier molecular flexibility index (Phi) is 7.01. The summed E-state index contributed by atoms with van der Waals surface area (Å²) < 4.78 is 18.3. The van der Waals surface area contributed by atoms with E-state index in [2.05, 4.69) is 0 Å². The highest BCUT2D eigenvalue weighted by Gasteiger charge is 2.12. The lowest BCUT2D eigenvalue weighted by molar-refractivity contribution is -0.109. The second kappa shape index (κ2) is 8.53. The molecule has 0 atom stereocenters. The fraction of sp³-hybridized carbons (Fsp3) is 0.333. The zero-order valence-corrected chi connectivity index (χ0v) is 12.3. The van der Waals surface area contributed by atoms with E-state index in [4.69, 9.17) is 4.74 Å². The lowest BCUT2D eigenvalue weighted by Crippen LogP contribution is -2.07. The summed E-state index contributed by atoms with van der Waals surface area (Å²) in [6, 6.07) is 4.30. The van der Waals surface area contributed by atoms with Crippen LogP contribution in [0.4, 0.5) is 4.39 Å². The van der Waals surface area contributed by atoms with Crippen molar-refractivity contribution in [2.45, 2.75) is 20.3 Å². The number of carbonyl (C=O) groups excluding carboxylic acids is 2. The van der Waals surface area contributed by atoms with Gasteiger partial charge in [0.25, 0.3) is 0 Å². The van der Waals surface area contributed by atoms with Gasteiger partial charge < -0.3 is 4.74 Å². The third kappa shape index (κ3) is 5.57. The molecule has 0 radical (unpaired) electrons. The van der Waals surface area contributed by atoms with Crippen LogP contribution in [0.25, 0.3) is 6.08 Å². The van der Waals surface area contributed by atoms with Gasteiger partial charge in [-0.05, 0) is 31.0 Å². The van der Waals surface area contributed by atoms with E-state index in [0.717, 1.165) is 12.0 Å². The first-order chi connectivity index (χ1) is 9.54. The summed E-state index contributed by atoms with van der Waals surface area (Å²) in [6.07, 6.45) is 4.41. The van der Waals surface area contributed by atoms with Gasteiger partial charge in [0.15, 0.2) is 5.12 Å². The van der Waals surface area contributed by atoms with Gasteiger partial charge in [0.05, 0.1) is 12.2 Å². The number of ether oxygens (including phenoxy) is 1. The smallest absolute Gasteiger partial charge is 0.341 e. The molecule has 0 aliphatic rings. The van der Waals surface area contributed by atoms with Crippen LogP contribution >= 0.6 is 11.8 Å². The fourth-order valence-corrected chi connectivity index (χ4v) is 2.04. The number of rotatable bonds is 6. The van der Waals surface area contributed by atoms with Gasteiger partial charge in [0.2, 0.25) is 0 Å². The van der Waals surface area contributed by atoms with E-state index >= 15 is 0 Å². The first kappa shape index (κ1) is 16.4. The molecule has 1 aromatic carbocycles. The molecule has 0 saturated heterocycles. The van der Waals surface area contributed by atoms with Crippen molar-refractivity contribution in [3.05, 3.63) is 41.2 Å². The Morgan fingerprint density at radius 3 is 2.80 bits per heavy atom. The van der Waals surface area contributed by atoms with Gasteiger partial charge in [0.1, 0.15) is 5.82 Å². The Bertz CT molecular complexity index is 512. The molecule has 5 heteroatoms. The maximum atomic E-state index is 13.5. The number of benzene rings is 1. The number of hydrogen-bond acceptors (Lipinski definition) is 4. The summed E-state index contributed by atoms with van der Waals surface area (Å²) in [5, 5.41) is 0.0878. The number of allylic oxidation sites excluding steroid dienone is 1. The quantitative estimate of drug-likeness (QED) is 0.593. The Morgan fingerprint density at radius 1 is 1.40 bits per heavy atom. The summed E-state index contributed by atoms with van der Waals surface area (Å²) in [7, 11) is 0. The summed E-state index contributed by atoms with van der Waals surface area (Å²) in [5.41, 5.74) is 0.661. The van der Waals surface area contributed by atoms with E-state index in [1.807, 2.05) is 6.08 Å². The molecular weight excluding hydrogens is 279 g/mol. The lowest BCUT2D eigenvalue weighted by atomic mass is 10.1. The third-order valence-corrected chi connectivity index (χ3v) is 3.23. The van der Waals surface area contributed by atoms with Crippen molar-refractivity contribution < 1.29 is 18.7 Å². The van der Waals surface area contributed by atoms with Crippen LogP contribution in [0.3, 0.4) is 0 Å². The van der Waals surface area contributed by atoms with E-state index in [1.54, 1.807) is 19.1 Å². The first-order valence-electron chi connectivity index (χ1n) is 6.31. The SMILES string of the molecule is CCOC(=O)c1cc(C=CCCSC(C)=O)ccc1F. The molecule has 1 aromatic rings. The monoisotopic (exact) mass is 296 g/mol. The molecule has 0 N–H and O–H groups in total. The van der Waals surface area contributed by atoms with E-state index in [-0.39, 0.29) is 17.3 Å². The van der Waals surface area contributed by atoms with E-state index in [0.29, 0.717) is 5.75 Å². The maximum Gasteiger partial charge on any atom is 0.341 e. The third-order valence-electron chi connectivity index (χ3n) is 2.39. The molecule has 0 saturated carbocycles. The maximum absolute atomic E-state index is 13.5. The summed E-state index contributed by atoms with van der Waals surface area (Å²) in [6.45, 7) is 3.41. The highest BCUT2D eigenvalue weighted by atomic mass is 32.2. The molecule has 0 aromatic heterocycles. The zero-order chi connectivity index (χ0) is 15.0. The summed E-state index contributed by atoms with van der Waals surface area (Å²) >= 11 is 1.26. The first-order valence-corrected chi connectivity index (χ1v) is 7.29. The van der Waals surface area contributed by atoms with E-state index < -0.39 is 11.8 Å². The predicted molar refractivity (Wildman–Crippen MR) is 79.1 cm³/mol. The Morgan fingerprint density at radius 2 is 2.15 bits per heavy atom. The van der Waals surface area contributed by atoms with E-state index in [1.165, 1.54) is 30.8 Å². The minimum atomic E-state index is -0.660. The molecular formula is C15H17FO3S. The fourth-order valence-electron chi connectivity index (χ4n) is 1.50. The number of thioether (sulfide) groups is 1. The number of carbonyl (C=O) groups is 2. The van der Waals surface area contributed by atoms with Crippen LogP contribution in [-0.4, -0.2) is 23.4 Å². The van der Waals surface area contributed by atoms with Gasteiger partial charge in [-0.2, -0.15) is 0 Å². The Balaban J connectivity index is 2.67. The Labute approximate surface area is 122 Å². The molecule has 0 aliphatic carbocycles. The molecule has 3 nitrogen and oxygen atoms in total. The van der Waals surface area contributed by atoms with Crippen LogP contribution in [-0.2, 0) is 9.53 Å². The van der Waals surface area contributed by atoms with Gasteiger partial charge in [-0.3, -0.25) is 4.79 Å². The topological polar surface area (TPSA) is 43.4 Å². The molecule has 20 heavy (non-hydrogen) atoms. The molecule has 0 heterocycles. The molecule has 0 fully saturated rings. The molecule has 0 unspecified atom stereocenters. The Hall–Kier alpha value is -1.62. The van der Waals surface area contributed by atoms with Gasteiger partial charge in [-0.1, -0.05) is 30.0 Å². The van der Waals surface area contributed by atoms with Crippen molar-refractivity contribution in [2.24, 2.45) is 0 Å². The second-order valence-electron chi connectivity index (χ2n) is 3.99. The van der Waals surface area contributed by atoms with Crippen molar-refractivity contribution >= 4 is 28.9 Å². The summed E-state index contributed by atoms with van der Waals surface area (Å²) in [4.78, 5) is 22.3. The van der Waals surface area contributed by atoms with Crippen LogP contribution in [0.15, 0.2) is 24.3 Å². The van der Waals surface area contributed by atoms with Crippen molar-refractivity contribution in [3.63, 3.8) is 0 Å². The number of halogens is 1. The van der Waals surface area contributed by atoms with Crippen molar-refractivity contribution in [3.8, 4) is 0 Å². The highest BCUT2D eigenvalue weighted by molar-refractivity contribution is 8.13. The average Bonchev–Trinajstić information content (AvgIpc) is 2.40. The molecule has 108 valence electrons. The van der Waals surface area contributed by atoms with Gasteiger partial charge >= 0.3 is 5.97 Å². The highest BCUT2D eigenvalue weighted by Crippen LogP contribution is 2.14. The van der Waals surface area contributed by atoms with Crippen LogP contribution < -0.4 is 0 Å². The molecule has 1 rings (SSSR count).